The molecular formula is C10H9IN2O2. The average Bonchev–Trinajstić information content (AvgIpc) is 2.13. The number of hydrogen-bond acceptors (Lipinski definition) is 2. The SMILES string of the molecule is Cc1cc2[nH]c(=O)[nH]c(=O)c2c(I)c1C. The van der Waals surface area contributed by atoms with Gasteiger partial charge in [0, 0.05) is 3.57 Å². The third-order valence-electron chi connectivity index (χ3n) is 2.47. The molecule has 1 aromatic heterocycles. The third kappa shape index (κ3) is 1.60. The Labute approximate surface area is 98.9 Å². The van der Waals surface area contributed by atoms with E-state index < -0.39 is 5.69 Å². The summed E-state index contributed by atoms with van der Waals surface area (Å²) in [7, 11) is 0. The monoisotopic (exact) mass is 316 g/mol. The van der Waals surface area contributed by atoms with Crippen LogP contribution in [0.1, 0.15) is 11.1 Å². The Kier molecular flexibility index (Phi) is 2.41. The van der Waals surface area contributed by atoms with Gasteiger partial charge in [-0.3, -0.25) is 9.78 Å². The molecule has 1 heterocycles. The van der Waals surface area contributed by atoms with Crippen molar-refractivity contribution in [1.29, 1.82) is 0 Å². The maximum absolute atomic E-state index is 11.6. The molecule has 2 rings (SSSR count). The number of aromatic amines is 2. The van der Waals surface area contributed by atoms with Crippen molar-refractivity contribution in [3.63, 3.8) is 0 Å². The van der Waals surface area contributed by atoms with E-state index in [1.807, 2.05) is 19.9 Å². The Morgan fingerprint density at radius 2 is 1.87 bits per heavy atom. The maximum atomic E-state index is 11.6. The average molecular weight is 316 g/mol. The lowest BCUT2D eigenvalue weighted by Gasteiger charge is -2.06. The summed E-state index contributed by atoms with van der Waals surface area (Å²) in [5.41, 5.74) is 1.93. The highest BCUT2D eigenvalue weighted by Gasteiger charge is 2.09. The fourth-order valence-electron chi connectivity index (χ4n) is 1.52. The van der Waals surface area contributed by atoms with E-state index in [-0.39, 0.29) is 5.56 Å². The summed E-state index contributed by atoms with van der Waals surface area (Å²) in [5.74, 6) is 0. The van der Waals surface area contributed by atoms with E-state index in [0.29, 0.717) is 10.9 Å². The second-order valence-corrected chi connectivity index (χ2v) is 4.54. The standard InChI is InChI=1S/C10H9IN2O2/c1-4-3-6-7(8(11)5(4)2)9(14)13-10(15)12-6/h3H,1-2H3,(H2,12,13,14,15). The van der Waals surface area contributed by atoms with Gasteiger partial charge in [-0.25, -0.2) is 4.79 Å². The lowest BCUT2D eigenvalue weighted by Crippen LogP contribution is -2.22. The molecule has 2 aromatic rings. The molecule has 0 unspecified atom stereocenters. The van der Waals surface area contributed by atoms with Gasteiger partial charge in [-0.2, -0.15) is 0 Å². The zero-order valence-electron chi connectivity index (χ0n) is 8.27. The zero-order chi connectivity index (χ0) is 11.2. The first-order valence-corrected chi connectivity index (χ1v) is 5.50. The lowest BCUT2D eigenvalue weighted by atomic mass is 10.1. The summed E-state index contributed by atoms with van der Waals surface area (Å²) in [5, 5.41) is 0.554. The zero-order valence-corrected chi connectivity index (χ0v) is 10.4. The van der Waals surface area contributed by atoms with E-state index >= 15 is 0 Å². The first kappa shape index (κ1) is 10.4. The Bertz CT molecular complexity index is 655. The van der Waals surface area contributed by atoms with Gasteiger partial charge < -0.3 is 4.98 Å². The minimum absolute atomic E-state index is 0.332. The highest BCUT2D eigenvalue weighted by atomic mass is 127. The van der Waals surface area contributed by atoms with Crippen LogP contribution in [-0.4, -0.2) is 9.97 Å². The summed E-state index contributed by atoms with van der Waals surface area (Å²) in [6, 6.07) is 1.82. The number of aryl methyl sites for hydroxylation is 1. The first-order valence-electron chi connectivity index (χ1n) is 4.42. The minimum atomic E-state index is -0.466. The van der Waals surface area contributed by atoms with E-state index in [0.717, 1.165) is 14.7 Å². The quantitative estimate of drug-likeness (QED) is 0.722. The summed E-state index contributed by atoms with van der Waals surface area (Å²) >= 11 is 2.12. The maximum Gasteiger partial charge on any atom is 0.326 e. The normalized spacial score (nSPS) is 10.9. The van der Waals surface area contributed by atoms with Crippen molar-refractivity contribution >= 4 is 33.5 Å². The van der Waals surface area contributed by atoms with E-state index in [9.17, 15) is 9.59 Å². The highest BCUT2D eigenvalue weighted by Crippen LogP contribution is 2.22. The first-order chi connectivity index (χ1) is 7.00. The number of fused-ring (bicyclic) bond motifs is 1. The lowest BCUT2D eigenvalue weighted by molar-refractivity contribution is 1.08. The summed E-state index contributed by atoms with van der Waals surface area (Å²) in [4.78, 5) is 27.6. The largest absolute Gasteiger partial charge is 0.326 e. The number of hydrogen-bond donors (Lipinski definition) is 2. The van der Waals surface area contributed by atoms with Crippen LogP contribution in [0.25, 0.3) is 10.9 Å². The van der Waals surface area contributed by atoms with Gasteiger partial charge in [-0.15, -0.1) is 0 Å². The van der Waals surface area contributed by atoms with Gasteiger partial charge in [0.1, 0.15) is 0 Å². The summed E-state index contributed by atoms with van der Waals surface area (Å²) < 4.78 is 0.889. The van der Waals surface area contributed by atoms with Crippen LogP contribution in [-0.2, 0) is 0 Å². The molecule has 0 amide bonds. The molecular weight excluding hydrogens is 307 g/mol. The summed E-state index contributed by atoms with van der Waals surface area (Å²) in [6.45, 7) is 3.91. The molecule has 0 atom stereocenters. The van der Waals surface area contributed by atoms with Crippen LogP contribution in [0.15, 0.2) is 15.7 Å². The molecule has 0 spiro atoms. The van der Waals surface area contributed by atoms with Crippen molar-refractivity contribution in [2.45, 2.75) is 13.8 Å². The number of H-pyrrole nitrogens is 2. The third-order valence-corrected chi connectivity index (χ3v) is 3.82. The number of nitrogens with one attached hydrogen (secondary N) is 2. The molecule has 15 heavy (non-hydrogen) atoms. The van der Waals surface area contributed by atoms with E-state index in [1.165, 1.54) is 0 Å². The molecule has 0 bridgehead atoms. The fourth-order valence-corrected chi connectivity index (χ4v) is 2.48. The Balaban J connectivity index is 3.13. The Hall–Kier alpha value is -1.11. The van der Waals surface area contributed by atoms with Crippen molar-refractivity contribution < 1.29 is 0 Å². The molecule has 78 valence electrons. The van der Waals surface area contributed by atoms with E-state index in [1.54, 1.807) is 0 Å². The summed E-state index contributed by atoms with van der Waals surface area (Å²) in [6.07, 6.45) is 0. The molecule has 0 aliphatic carbocycles. The molecule has 0 saturated heterocycles. The Morgan fingerprint density at radius 1 is 1.20 bits per heavy atom. The van der Waals surface area contributed by atoms with Crippen LogP contribution in [0.2, 0.25) is 0 Å². The van der Waals surface area contributed by atoms with Gasteiger partial charge in [-0.1, -0.05) is 0 Å². The van der Waals surface area contributed by atoms with Crippen LogP contribution in [0.4, 0.5) is 0 Å². The molecule has 0 radical (unpaired) electrons. The molecule has 0 aliphatic rings. The number of benzene rings is 1. The van der Waals surface area contributed by atoms with Crippen molar-refractivity contribution in [2.75, 3.05) is 0 Å². The van der Waals surface area contributed by atoms with Gasteiger partial charge in [0.15, 0.2) is 0 Å². The van der Waals surface area contributed by atoms with Crippen molar-refractivity contribution in [2.24, 2.45) is 0 Å². The fraction of sp³-hybridized carbons (Fsp3) is 0.200. The molecule has 4 nitrogen and oxygen atoms in total. The second kappa shape index (κ2) is 3.48. The van der Waals surface area contributed by atoms with Crippen LogP contribution >= 0.6 is 22.6 Å². The van der Waals surface area contributed by atoms with Gasteiger partial charge in [0.2, 0.25) is 0 Å². The molecule has 5 heteroatoms. The van der Waals surface area contributed by atoms with Crippen LogP contribution in [0, 0.1) is 17.4 Å². The van der Waals surface area contributed by atoms with Gasteiger partial charge in [-0.05, 0) is 53.6 Å². The minimum Gasteiger partial charge on any atom is -0.307 e. The van der Waals surface area contributed by atoms with Gasteiger partial charge in [0.05, 0.1) is 10.9 Å². The topological polar surface area (TPSA) is 65.7 Å². The van der Waals surface area contributed by atoms with Gasteiger partial charge in [0.25, 0.3) is 5.56 Å². The molecule has 2 N–H and O–H groups in total. The highest BCUT2D eigenvalue weighted by molar-refractivity contribution is 14.1. The van der Waals surface area contributed by atoms with Crippen LogP contribution in [0.5, 0.6) is 0 Å². The Morgan fingerprint density at radius 3 is 2.53 bits per heavy atom. The van der Waals surface area contributed by atoms with Crippen molar-refractivity contribution in [3.8, 4) is 0 Å². The number of halogens is 1. The number of rotatable bonds is 0. The smallest absolute Gasteiger partial charge is 0.307 e. The molecule has 0 fully saturated rings. The van der Waals surface area contributed by atoms with E-state index in [2.05, 4.69) is 32.6 Å². The van der Waals surface area contributed by atoms with Gasteiger partial charge >= 0.3 is 5.69 Å². The van der Waals surface area contributed by atoms with Crippen LogP contribution in [0.3, 0.4) is 0 Å². The van der Waals surface area contributed by atoms with Crippen LogP contribution < -0.4 is 11.2 Å². The van der Waals surface area contributed by atoms with Crippen molar-refractivity contribution in [1.82, 2.24) is 9.97 Å². The second-order valence-electron chi connectivity index (χ2n) is 3.46. The predicted octanol–water partition coefficient (Wildman–Crippen LogP) is 1.44. The van der Waals surface area contributed by atoms with E-state index in [4.69, 9.17) is 0 Å². The predicted molar refractivity (Wildman–Crippen MR) is 67.4 cm³/mol. The number of aromatic nitrogens is 2. The molecule has 1 aromatic carbocycles. The molecule has 0 saturated carbocycles. The van der Waals surface area contributed by atoms with Crippen molar-refractivity contribution in [3.05, 3.63) is 41.6 Å². The molecule has 0 aliphatic heterocycles.